The van der Waals surface area contributed by atoms with Gasteiger partial charge < -0.3 is 14.6 Å². The number of rotatable bonds is 5. The fraction of sp³-hybridized carbons (Fsp3) is 0.615. The van der Waals surface area contributed by atoms with E-state index in [2.05, 4.69) is 4.90 Å². The fourth-order valence-electron chi connectivity index (χ4n) is 2.39. The molecule has 0 aliphatic carbocycles. The van der Waals surface area contributed by atoms with Crippen LogP contribution in [0.2, 0.25) is 0 Å². The van der Waals surface area contributed by atoms with Crippen LogP contribution < -0.4 is 0 Å². The Balaban J connectivity index is 1.97. The lowest BCUT2D eigenvalue weighted by Gasteiger charge is -2.34. The third-order valence-corrected chi connectivity index (χ3v) is 3.46. The van der Waals surface area contributed by atoms with Crippen LogP contribution in [0.4, 0.5) is 8.78 Å². The molecule has 5 nitrogen and oxygen atoms in total. The second-order valence-electron chi connectivity index (χ2n) is 4.79. The summed E-state index contributed by atoms with van der Waals surface area (Å²) in [5.74, 6) is -0.209. The summed E-state index contributed by atoms with van der Waals surface area (Å²) in [7, 11) is 0. The molecular weight excluding hydrogens is 268 g/mol. The Hall–Kier alpha value is -1.47. The molecule has 1 N–H and O–H groups in total. The van der Waals surface area contributed by atoms with Crippen LogP contribution in [0.15, 0.2) is 18.3 Å². The van der Waals surface area contributed by atoms with Crippen LogP contribution in [0.1, 0.15) is 10.5 Å². The van der Waals surface area contributed by atoms with E-state index in [0.29, 0.717) is 38.4 Å². The molecule has 0 bridgehead atoms. The maximum absolute atomic E-state index is 12.4. The fourth-order valence-corrected chi connectivity index (χ4v) is 2.39. The topological polar surface area (TPSA) is 48.7 Å². The van der Waals surface area contributed by atoms with Crippen molar-refractivity contribution in [1.29, 1.82) is 0 Å². The number of hydrogen-bond donors (Lipinski definition) is 1. The quantitative estimate of drug-likeness (QED) is 0.858. The molecule has 112 valence electrons. The van der Waals surface area contributed by atoms with E-state index in [-0.39, 0.29) is 12.5 Å². The van der Waals surface area contributed by atoms with Crippen LogP contribution >= 0.6 is 0 Å². The number of halogens is 2. The number of hydrogen-bond acceptors (Lipinski definition) is 3. The molecule has 1 fully saturated rings. The first-order valence-corrected chi connectivity index (χ1v) is 6.67. The predicted octanol–water partition coefficient (Wildman–Crippen LogP) is 0.503. The van der Waals surface area contributed by atoms with Gasteiger partial charge in [-0.3, -0.25) is 9.69 Å². The second kappa shape index (κ2) is 6.81. The van der Waals surface area contributed by atoms with Gasteiger partial charge in [0.2, 0.25) is 0 Å². The van der Waals surface area contributed by atoms with Gasteiger partial charge in [0.25, 0.3) is 12.3 Å². The molecular formula is C13H19F2N3O2. The van der Waals surface area contributed by atoms with Gasteiger partial charge in [0, 0.05) is 38.9 Å². The van der Waals surface area contributed by atoms with E-state index in [1.54, 1.807) is 17.0 Å². The van der Waals surface area contributed by atoms with Gasteiger partial charge in [-0.2, -0.15) is 0 Å². The van der Waals surface area contributed by atoms with Crippen molar-refractivity contribution < 1.29 is 18.7 Å². The predicted molar refractivity (Wildman–Crippen MR) is 69.9 cm³/mol. The highest BCUT2D eigenvalue weighted by atomic mass is 19.3. The van der Waals surface area contributed by atoms with Gasteiger partial charge in [-0.1, -0.05) is 0 Å². The van der Waals surface area contributed by atoms with Crippen molar-refractivity contribution in [3.8, 4) is 0 Å². The second-order valence-corrected chi connectivity index (χ2v) is 4.79. The van der Waals surface area contributed by atoms with Crippen LogP contribution in [0.25, 0.3) is 0 Å². The lowest BCUT2D eigenvalue weighted by atomic mass is 10.2. The van der Waals surface area contributed by atoms with E-state index in [1.165, 1.54) is 10.8 Å². The molecule has 1 aliphatic rings. The average molecular weight is 287 g/mol. The van der Waals surface area contributed by atoms with E-state index >= 15 is 0 Å². The maximum Gasteiger partial charge on any atom is 0.270 e. The molecule has 7 heteroatoms. The van der Waals surface area contributed by atoms with Crippen molar-refractivity contribution in [1.82, 2.24) is 14.4 Å². The molecule has 0 unspecified atom stereocenters. The Labute approximate surface area is 116 Å². The van der Waals surface area contributed by atoms with Crippen molar-refractivity contribution in [3.63, 3.8) is 0 Å². The van der Waals surface area contributed by atoms with Gasteiger partial charge in [-0.15, -0.1) is 0 Å². The Morgan fingerprint density at radius 3 is 2.60 bits per heavy atom. The molecule has 1 aromatic rings. The molecule has 2 rings (SSSR count). The number of β-amino-alcohol motifs (C(OH)–C–C–N with tert-alkyl or cyclic N) is 1. The number of piperazine rings is 1. The van der Waals surface area contributed by atoms with E-state index in [0.717, 1.165) is 0 Å². The highest BCUT2D eigenvalue weighted by molar-refractivity contribution is 5.92. The summed E-state index contributed by atoms with van der Waals surface area (Å²) in [6.07, 6.45) is -0.975. The van der Waals surface area contributed by atoms with Gasteiger partial charge in [0.15, 0.2) is 0 Å². The van der Waals surface area contributed by atoms with Gasteiger partial charge in [-0.05, 0) is 12.1 Å². The molecule has 0 spiro atoms. The Morgan fingerprint density at radius 2 is 2.00 bits per heavy atom. The Morgan fingerprint density at radius 1 is 1.30 bits per heavy atom. The Kier molecular flexibility index (Phi) is 5.08. The van der Waals surface area contributed by atoms with E-state index < -0.39 is 13.0 Å². The van der Waals surface area contributed by atoms with Crippen molar-refractivity contribution in [2.24, 2.45) is 0 Å². The molecule has 1 aliphatic heterocycles. The van der Waals surface area contributed by atoms with Gasteiger partial charge in [0.1, 0.15) is 5.69 Å². The number of carbonyl (C=O) groups excluding carboxylic acids is 1. The van der Waals surface area contributed by atoms with Crippen molar-refractivity contribution in [2.45, 2.75) is 13.0 Å². The normalized spacial score (nSPS) is 16.9. The summed E-state index contributed by atoms with van der Waals surface area (Å²) in [6.45, 7) is 2.74. The van der Waals surface area contributed by atoms with Crippen molar-refractivity contribution >= 4 is 5.91 Å². The summed E-state index contributed by atoms with van der Waals surface area (Å²) in [5, 5.41) is 8.87. The Bertz CT molecular complexity index is 443. The molecule has 1 amide bonds. The number of nitrogens with zero attached hydrogens (tertiary/aromatic N) is 3. The number of carbonyl (C=O) groups is 1. The van der Waals surface area contributed by atoms with Crippen LogP contribution in [-0.2, 0) is 6.54 Å². The molecule has 0 saturated carbocycles. The minimum atomic E-state index is -2.48. The standard InChI is InChI=1S/C13H19F2N3O2/c14-12(15)10-18-3-1-2-11(18)13(20)17-6-4-16(5-7-17)8-9-19/h1-3,12,19H,4-10H2. The van der Waals surface area contributed by atoms with Crippen molar-refractivity contribution in [3.05, 3.63) is 24.0 Å². The summed E-state index contributed by atoms with van der Waals surface area (Å²) < 4.78 is 26.2. The zero-order chi connectivity index (χ0) is 14.5. The largest absolute Gasteiger partial charge is 0.395 e. The smallest absolute Gasteiger partial charge is 0.270 e. The lowest BCUT2D eigenvalue weighted by Crippen LogP contribution is -2.49. The minimum Gasteiger partial charge on any atom is -0.395 e. The SMILES string of the molecule is O=C(c1cccn1CC(F)F)N1CCN(CCO)CC1. The van der Waals surface area contributed by atoms with Gasteiger partial charge >= 0.3 is 0 Å². The third-order valence-electron chi connectivity index (χ3n) is 3.46. The summed E-state index contributed by atoms with van der Waals surface area (Å²) in [4.78, 5) is 16.1. The van der Waals surface area contributed by atoms with Crippen molar-refractivity contribution in [2.75, 3.05) is 39.3 Å². The monoisotopic (exact) mass is 287 g/mol. The van der Waals surface area contributed by atoms with Crippen LogP contribution in [-0.4, -0.2) is 71.1 Å². The molecule has 2 heterocycles. The summed E-state index contributed by atoms with van der Waals surface area (Å²) in [5.41, 5.74) is 0.306. The zero-order valence-corrected chi connectivity index (χ0v) is 11.2. The van der Waals surface area contributed by atoms with Crippen LogP contribution in [0, 0.1) is 0 Å². The number of amides is 1. The molecule has 1 saturated heterocycles. The number of alkyl halides is 2. The first-order chi connectivity index (χ1) is 9.61. The van der Waals surface area contributed by atoms with E-state index in [1.807, 2.05) is 0 Å². The van der Waals surface area contributed by atoms with Gasteiger partial charge in [0.05, 0.1) is 13.2 Å². The average Bonchev–Trinajstić information content (AvgIpc) is 2.86. The zero-order valence-electron chi connectivity index (χ0n) is 11.2. The van der Waals surface area contributed by atoms with E-state index in [4.69, 9.17) is 5.11 Å². The third kappa shape index (κ3) is 3.55. The number of aromatic nitrogens is 1. The first kappa shape index (κ1) is 14.9. The maximum atomic E-state index is 12.4. The number of aliphatic hydroxyl groups excluding tert-OH is 1. The molecule has 1 aromatic heterocycles. The lowest BCUT2D eigenvalue weighted by molar-refractivity contribution is 0.0597. The molecule has 0 atom stereocenters. The highest BCUT2D eigenvalue weighted by Crippen LogP contribution is 2.11. The molecule has 20 heavy (non-hydrogen) atoms. The number of aliphatic hydroxyl groups is 1. The van der Waals surface area contributed by atoms with Crippen LogP contribution in [0.3, 0.4) is 0 Å². The first-order valence-electron chi connectivity index (χ1n) is 6.67. The molecule has 0 radical (unpaired) electrons. The molecule has 0 aromatic carbocycles. The highest BCUT2D eigenvalue weighted by Gasteiger charge is 2.24. The van der Waals surface area contributed by atoms with Crippen LogP contribution in [0.5, 0.6) is 0 Å². The summed E-state index contributed by atoms with van der Waals surface area (Å²) >= 11 is 0. The minimum absolute atomic E-state index is 0.102. The van der Waals surface area contributed by atoms with Gasteiger partial charge in [-0.25, -0.2) is 8.78 Å². The van der Waals surface area contributed by atoms with E-state index in [9.17, 15) is 13.6 Å². The summed E-state index contributed by atoms with van der Waals surface area (Å²) in [6, 6.07) is 3.18.